The number of hydrogen-bond acceptors (Lipinski definition) is 4. The van der Waals surface area contributed by atoms with Gasteiger partial charge in [0.25, 0.3) is 11.5 Å². The molecule has 0 radical (unpaired) electrons. The number of rotatable bonds is 3. The Morgan fingerprint density at radius 1 is 0.844 bits per heavy atom. The van der Waals surface area contributed by atoms with Crippen LogP contribution in [-0.2, 0) is 0 Å². The Labute approximate surface area is 184 Å². The lowest BCUT2D eigenvalue weighted by atomic mass is 10.1. The normalized spacial score (nSPS) is 11.1. The Hall–Kier alpha value is -4.32. The first kappa shape index (κ1) is 19.6. The molecule has 0 fully saturated rings. The van der Waals surface area contributed by atoms with Gasteiger partial charge in [-0.2, -0.15) is 0 Å². The Kier molecular flexibility index (Phi) is 4.75. The minimum Gasteiger partial charge on any atom is -0.320 e. The van der Waals surface area contributed by atoms with Gasteiger partial charge in [0.2, 0.25) is 0 Å². The monoisotopic (exact) mass is 420 g/mol. The maximum atomic E-state index is 13.0. The summed E-state index contributed by atoms with van der Waals surface area (Å²) in [5.74, 6) is 0.344. The summed E-state index contributed by atoms with van der Waals surface area (Å²) in [6, 6.07) is 23.8. The van der Waals surface area contributed by atoms with Crippen LogP contribution in [0.1, 0.15) is 21.9 Å². The van der Waals surface area contributed by atoms with Crippen molar-refractivity contribution < 1.29 is 4.79 Å². The summed E-state index contributed by atoms with van der Waals surface area (Å²) in [6.45, 7) is 3.71. The van der Waals surface area contributed by atoms with Gasteiger partial charge in [-0.25, -0.2) is 4.98 Å². The molecule has 0 aliphatic carbocycles. The lowest BCUT2D eigenvalue weighted by Crippen LogP contribution is -2.22. The molecule has 0 unspecified atom stereocenters. The zero-order chi connectivity index (χ0) is 22.2. The number of carbonyl (C=O) groups is 1. The molecule has 0 atom stereocenters. The quantitative estimate of drug-likeness (QED) is 0.455. The van der Waals surface area contributed by atoms with Gasteiger partial charge in [0.15, 0.2) is 0 Å². The number of para-hydroxylation sites is 2. The predicted molar refractivity (Wildman–Crippen MR) is 127 cm³/mol. The first-order valence-corrected chi connectivity index (χ1v) is 10.3. The van der Waals surface area contributed by atoms with Gasteiger partial charge in [-0.3, -0.25) is 19.1 Å². The number of aromatic nitrogens is 3. The minimum absolute atomic E-state index is 0.137. The highest BCUT2D eigenvalue weighted by Gasteiger charge is 2.12. The molecule has 156 valence electrons. The summed E-state index contributed by atoms with van der Waals surface area (Å²) in [5, 5.41) is 4.47. The molecule has 5 aromatic rings. The van der Waals surface area contributed by atoms with Crippen LogP contribution in [0.3, 0.4) is 0 Å². The van der Waals surface area contributed by atoms with Crippen molar-refractivity contribution in [2.45, 2.75) is 13.8 Å². The van der Waals surface area contributed by atoms with Crippen molar-refractivity contribution in [1.29, 1.82) is 0 Å². The molecule has 6 heteroatoms. The number of amides is 1. The first-order chi connectivity index (χ1) is 15.5. The summed E-state index contributed by atoms with van der Waals surface area (Å²) < 4.78 is 1.56. The summed E-state index contributed by atoms with van der Waals surface area (Å²) in [5.41, 5.74) is 3.97. The van der Waals surface area contributed by atoms with E-state index in [4.69, 9.17) is 0 Å². The van der Waals surface area contributed by atoms with Crippen molar-refractivity contribution >= 4 is 33.4 Å². The molecule has 2 aromatic heterocycles. The number of nitrogens with one attached hydrogen (secondary N) is 1. The van der Waals surface area contributed by atoms with Gasteiger partial charge in [-0.05, 0) is 62.4 Å². The van der Waals surface area contributed by atoms with Gasteiger partial charge in [-0.15, -0.1) is 0 Å². The predicted octanol–water partition coefficient (Wildman–Crippen LogP) is 4.80. The van der Waals surface area contributed by atoms with E-state index in [9.17, 15) is 9.59 Å². The third-order valence-corrected chi connectivity index (χ3v) is 5.44. The van der Waals surface area contributed by atoms with Gasteiger partial charge in [0.05, 0.1) is 27.8 Å². The zero-order valence-electron chi connectivity index (χ0n) is 17.7. The number of pyridine rings is 1. The Balaban J connectivity index is 1.47. The van der Waals surface area contributed by atoms with Crippen molar-refractivity contribution in [3.8, 4) is 5.69 Å². The van der Waals surface area contributed by atoms with Crippen LogP contribution in [0.2, 0.25) is 0 Å². The first-order valence-electron chi connectivity index (χ1n) is 10.3. The zero-order valence-corrected chi connectivity index (χ0v) is 17.7. The SMILES string of the molecule is Cc1ccc2cccc(NC(=O)c3ccc(-n4c(C)nc5ccccc5c4=O)cc3)c2n1. The molecule has 32 heavy (non-hydrogen) atoms. The van der Waals surface area contributed by atoms with E-state index >= 15 is 0 Å². The average molecular weight is 420 g/mol. The molecule has 0 bridgehead atoms. The number of carbonyl (C=O) groups excluding carboxylic acids is 1. The molecule has 0 saturated carbocycles. The Bertz CT molecular complexity index is 1550. The van der Waals surface area contributed by atoms with Crippen molar-refractivity contribution in [3.63, 3.8) is 0 Å². The molecule has 6 nitrogen and oxygen atoms in total. The molecule has 3 aromatic carbocycles. The van der Waals surface area contributed by atoms with Gasteiger partial charge in [0.1, 0.15) is 5.82 Å². The number of nitrogens with zero attached hydrogens (tertiary/aromatic N) is 3. The Morgan fingerprint density at radius 3 is 2.44 bits per heavy atom. The summed E-state index contributed by atoms with van der Waals surface area (Å²) in [4.78, 5) is 35.0. The molecule has 0 spiro atoms. The van der Waals surface area contributed by atoms with Crippen LogP contribution in [0.4, 0.5) is 5.69 Å². The van der Waals surface area contributed by atoms with Gasteiger partial charge < -0.3 is 5.32 Å². The third-order valence-electron chi connectivity index (χ3n) is 5.44. The maximum absolute atomic E-state index is 13.0. The average Bonchev–Trinajstić information content (AvgIpc) is 2.80. The topological polar surface area (TPSA) is 76.9 Å². The lowest BCUT2D eigenvalue weighted by Gasteiger charge is -2.12. The lowest BCUT2D eigenvalue weighted by molar-refractivity contribution is 0.102. The number of hydrogen-bond donors (Lipinski definition) is 1. The van der Waals surface area contributed by atoms with Crippen LogP contribution >= 0.6 is 0 Å². The van der Waals surface area contributed by atoms with Gasteiger partial charge in [0, 0.05) is 16.6 Å². The van der Waals surface area contributed by atoms with E-state index in [0.717, 1.165) is 16.6 Å². The number of aryl methyl sites for hydroxylation is 2. The molecule has 0 saturated heterocycles. The van der Waals surface area contributed by atoms with Crippen molar-refractivity contribution in [2.75, 3.05) is 5.32 Å². The van der Waals surface area contributed by atoms with Crippen molar-refractivity contribution in [2.24, 2.45) is 0 Å². The van der Waals surface area contributed by atoms with E-state index < -0.39 is 0 Å². The van der Waals surface area contributed by atoms with Crippen LogP contribution in [0.5, 0.6) is 0 Å². The fraction of sp³-hybridized carbons (Fsp3) is 0.0769. The molecule has 1 amide bonds. The molecular formula is C26H20N4O2. The molecule has 0 aliphatic rings. The van der Waals surface area contributed by atoms with E-state index in [1.54, 1.807) is 41.8 Å². The number of fused-ring (bicyclic) bond motifs is 2. The van der Waals surface area contributed by atoms with Crippen LogP contribution in [0.25, 0.3) is 27.5 Å². The second kappa shape index (κ2) is 7.74. The minimum atomic E-state index is -0.243. The maximum Gasteiger partial charge on any atom is 0.265 e. The second-order valence-electron chi connectivity index (χ2n) is 7.65. The second-order valence-corrected chi connectivity index (χ2v) is 7.65. The number of benzene rings is 3. The van der Waals surface area contributed by atoms with E-state index in [1.165, 1.54) is 0 Å². The number of anilines is 1. The van der Waals surface area contributed by atoms with Crippen molar-refractivity contribution in [1.82, 2.24) is 14.5 Å². The third kappa shape index (κ3) is 3.41. The van der Waals surface area contributed by atoms with E-state index in [2.05, 4.69) is 15.3 Å². The fourth-order valence-electron chi connectivity index (χ4n) is 3.85. The molecular weight excluding hydrogens is 400 g/mol. The molecule has 5 rings (SSSR count). The smallest absolute Gasteiger partial charge is 0.265 e. The highest BCUT2D eigenvalue weighted by atomic mass is 16.1. The van der Waals surface area contributed by atoms with E-state index in [-0.39, 0.29) is 11.5 Å². The Morgan fingerprint density at radius 2 is 1.62 bits per heavy atom. The molecule has 2 heterocycles. The van der Waals surface area contributed by atoms with Crippen LogP contribution in [0, 0.1) is 13.8 Å². The highest BCUT2D eigenvalue weighted by molar-refractivity contribution is 6.08. The van der Waals surface area contributed by atoms with E-state index in [0.29, 0.717) is 33.7 Å². The fourth-order valence-corrected chi connectivity index (χ4v) is 3.85. The summed E-state index contributed by atoms with van der Waals surface area (Å²) in [7, 11) is 0. The standard InChI is InChI=1S/C26H20N4O2/c1-16-10-11-18-6-5-9-23(24(18)27-16)29-25(31)19-12-14-20(15-13-19)30-17(2)28-22-8-4-3-7-21(22)26(30)32/h3-15H,1-2H3,(H,29,31). The molecule has 1 N–H and O–H groups in total. The van der Waals surface area contributed by atoms with Crippen LogP contribution in [-0.4, -0.2) is 20.4 Å². The summed E-state index contributed by atoms with van der Waals surface area (Å²) >= 11 is 0. The van der Waals surface area contributed by atoms with Crippen LogP contribution < -0.4 is 10.9 Å². The highest BCUT2D eigenvalue weighted by Crippen LogP contribution is 2.22. The van der Waals surface area contributed by atoms with E-state index in [1.807, 2.05) is 55.5 Å². The largest absolute Gasteiger partial charge is 0.320 e. The van der Waals surface area contributed by atoms with Crippen molar-refractivity contribution in [3.05, 3.63) is 106 Å². The summed E-state index contributed by atoms with van der Waals surface area (Å²) in [6.07, 6.45) is 0. The van der Waals surface area contributed by atoms with Gasteiger partial charge in [-0.1, -0.05) is 30.3 Å². The van der Waals surface area contributed by atoms with Crippen LogP contribution in [0.15, 0.2) is 83.7 Å². The van der Waals surface area contributed by atoms with Gasteiger partial charge >= 0.3 is 0 Å². The molecule has 0 aliphatic heterocycles.